The lowest BCUT2D eigenvalue weighted by Crippen LogP contribution is -2.20. The highest BCUT2D eigenvalue weighted by atomic mass is 35.5. The van der Waals surface area contributed by atoms with Crippen molar-refractivity contribution in [1.82, 2.24) is 15.5 Å². The number of nitrogens with one attached hydrogen (secondary N) is 2. The molecule has 0 radical (unpaired) electrons. The smallest absolute Gasteiger partial charge is 0.261 e. The van der Waals surface area contributed by atoms with Crippen LogP contribution < -0.4 is 15.4 Å². The molecule has 148 valence electrons. The van der Waals surface area contributed by atoms with Crippen LogP contribution in [-0.4, -0.2) is 35.8 Å². The molecule has 4 rings (SSSR count). The normalized spacial score (nSPS) is 20.2. The lowest BCUT2D eigenvalue weighted by atomic mass is 10.0. The summed E-state index contributed by atoms with van der Waals surface area (Å²) >= 11 is 1.36. The van der Waals surface area contributed by atoms with Crippen LogP contribution in [0.1, 0.15) is 46.1 Å². The predicted molar refractivity (Wildman–Crippen MR) is 112 cm³/mol. The third-order valence-electron chi connectivity index (χ3n) is 4.80. The molecule has 1 amide bonds. The number of carbonyl (C=O) groups excluding carboxylic acids is 1. The van der Waals surface area contributed by atoms with E-state index in [9.17, 15) is 4.79 Å². The zero-order chi connectivity index (χ0) is 17.4. The first-order valence-corrected chi connectivity index (χ1v) is 9.48. The molecule has 2 aromatic rings. The fraction of sp³-hybridized carbons (Fsp3) is 0.500. The highest BCUT2D eigenvalue weighted by Gasteiger charge is 2.39. The van der Waals surface area contributed by atoms with E-state index in [0.717, 1.165) is 23.9 Å². The van der Waals surface area contributed by atoms with E-state index in [2.05, 4.69) is 26.9 Å². The average Bonchev–Trinajstić information content (AvgIpc) is 3.52. The van der Waals surface area contributed by atoms with Crippen molar-refractivity contribution >= 4 is 47.2 Å². The van der Waals surface area contributed by atoms with Crippen LogP contribution in [0.3, 0.4) is 0 Å². The fourth-order valence-electron chi connectivity index (χ4n) is 3.07. The third-order valence-corrected chi connectivity index (χ3v) is 5.55. The Kier molecular flexibility index (Phi) is 7.45. The van der Waals surface area contributed by atoms with Gasteiger partial charge in [-0.3, -0.25) is 10.1 Å². The topological polar surface area (TPSA) is 76.1 Å². The largest absolute Gasteiger partial charge is 0.496 e. The number of rotatable bonds is 7. The Morgan fingerprint density at radius 3 is 2.70 bits per heavy atom. The van der Waals surface area contributed by atoms with Gasteiger partial charge in [0.2, 0.25) is 5.13 Å². The van der Waals surface area contributed by atoms with Crippen molar-refractivity contribution in [3.05, 3.63) is 34.3 Å². The standard InChI is InChI=1S/C18H22N4O2S.2ClH/c1-10-21-22-18(25-10)20-17(23)14-7-12(5-6-16(14)24-2)13-8-15(13)19-9-11-3-4-11;;/h5-7,11,13,15,19H,3-4,8-9H2,1-2H3,(H,20,22,23);2*1H/t13-,15+;;/m0../s1. The summed E-state index contributed by atoms with van der Waals surface area (Å²) in [5.41, 5.74) is 1.73. The van der Waals surface area contributed by atoms with E-state index in [4.69, 9.17) is 4.74 Å². The minimum Gasteiger partial charge on any atom is -0.496 e. The van der Waals surface area contributed by atoms with Gasteiger partial charge in [-0.05, 0) is 56.3 Å². The molecule has 0 spiro atoms. The fourth-order valence-corrected chi connectivity index (χ4v) is 3.66. The Morgan fingerprint density at radius 1 is 1.30 bits per heavy atom. The van der Waals surface area contributed by atoms with Crippen LogP contribution in [0.25, 0.3) is 0 Å². The number of aryl methyl sites for hydroxylation is 1. The quantitative estimate of drug-likeness (QED) is 0.698. The summed E-state index contributed by atoms with van der Waals surface area (Å²) in [5.74, 6) is 1.73. The van der Waals surface area contributed by atoms with E-state index < -0.39 is 0 Å². The predicted octanol–water partition coefficient (Wildman–Crippen LogP) is 3.81. The maximum Gasteiger partial charge on any atom is 0.261 e. The molecule has 2 aliphatic carbocycles. The summed E-state index contributed by atoms with van der Waals surface area (Å²) in [5, 5.41) is 15.6. The van der Waals surface area contributed by atoms with Crippen molar-refractivity contribution in [2.24, 2.45) is 5.92 Å². The molecule has 9 heteroatoms. The van der Waals surface area contributed by atoms with Gasteiger partial charge in [-0.25, -0.2) is 0 Å². The summed E-state index contributed by atoms with van der Waals surface area (Å²) < 4.78 is 5.37. The van der Waals surface area contributed by atoms with Gasteiger partial charge in [0.25, 0.3) is 5.91 Å². The van der Waals surface area contributed by atoms with Crippen LogP contribution in [0, 0.1) is 12.8 Å². The zero-order valence-electron chi connectivity index (χ0n) is 15.2. The van der Waals surface area contributed by atoms with Gasteiger partial charge >= 0.3 is 0 Å². The van der Waals surface area contributed by atoms with Gasteiger partial charge in [0.05, 0.1) is 12.7 Å². The van der Waals surface area contributed by atoms with Crippen LogP contribution in [-0.2, 0) is 0 Å². The van der Waals surface area contributed by atoms with E-state index in [1.807, 2.05) is 19.1 Å². The number of ether oxygens (including phenoxy) is 1. The lowest BCUT2D eigenvalue weighted by Gasteiger charge is -2.10. The first kappa shape index (κ1) is 21.9. The molecule has 6 nitrogen and oxygen atoms in total. The number of carbonyl (C=O) groups is 1. The van der Waals surface area contributed by atoms with E-state index in [-0.39, 0.29) is 30.7 Å². The van der Waals surface area contributed by atoms with Crippen LogP contribution in [0.5, 0.6) is 5.75 Å². The van der Waals surface area contributed by atoms with E-state index in [1.54, 1.807) is 7.11 Å². The molecule has 2 fully saturated rings. The first-order chi connectivity index (χ1) is 12.1. The highest BCUT2D eigenvalue weighted by Crippen LogP contribution is 2.42. The second kappa shape index (κ2) is 9.19. The van der Waals surface area contributed by atoms with Crippen molar-refractivity contribution in [2.75, 3.05) is 19.0 Å². The van der Waals surface area contributed by atoms with E-state index >= 15 is 0 Å². The molecule has 0 aliphatic heterocycles. The Balaban J connectivity index is 0.00000131. The molecule has 2 saturated carbocycles. The summed E-state index contributed by atoms with van der Waals surface area (Å²) in [7, 11) is 1.58. The maximum atomic E-state index is 12.6. The lowest BCUT2D eigenvalue weighted by molar-refractivity contribution is 0.102. The molecular formula is C18H24Cl2N4O2S. The summed E-state index contributed by atoms with van der Waals surface area (Å²) in [4.78, 5) is 12.6. The number of benzene rings is 1. The van der Waals surface area contributed by atoms with Crippen molar-refractivity contribution in [1.29, 1.82) is 0 Å². The van der Waals surface area contributed by atoms with Gasteiger partial charge in [0.15, 0.2) is 0 Å². The minimum absolute atomic E-state index is 0. The van der Waals surface area contributed by atoms with Crippen LogP contribution in [0.15, 0.2) is 18.2 Å². The average molecular weight is 431 g/mol. The van der Waals surface area contributed by atoms with Crippen LogP contribution in [0.2, 0.25) is 0 Å². The minimum atomic E-state index is -0.210. The molecule has 1 aromatic carbocycles. The SMILES string of the molecule is COc1ccc([C@@H]2C[C@H]2NCC2CC2)cc1C(=O)Nc1nnc(C)s1.Cl.Cl. The van der Waals surface area contributed by atoms with Gasteiger partial charge in [-0.15, -0.1) is 35.0 Å². The van der Waals surface area contributed by atoms with Crippen molar-refractivity contribution in [2.45, 2.75) is 38.1 Å². The number of aromatic nitrogens is 2. The maximum absolute atomic E-state index is 12.6. The number of amides is 1. The van der Waals surface area contributed by atoms with Gasteiger partial charge < -0.3 is 10.1 Å². The molecule has 0 unspecified atom stereocenters. The van der Waals surface area contributed by atoms with Crippen molar-refractivity contribution in [3.63, 3.8) is 0 Å². The third kappa shape index (κ3) is 5.31. The number of hydrogen-bond donors (Lipinski definition) is 2. The number of anilines is 1. The molecular weight excluding hydrogens is 407 g/mol. The second-order valence-electron chi connectivity index (χ2n) is 6.84. The molecule has 2 atom stereocenters. The summed E-state index contributed by atoms with van der Waals surface area (Å²) in [6.45, 7) is 2.98. The van der Waals surface area contributed by atoms with Crippen molar-refractivity contribution in [3.8, 4) is 5.75 Å². The zero-order valence-corrected chi connectivity index (χ0v) is 17.7. The second-order valence-corrected chi connectivity index (χ2v) is 8.02. The van der Waals surface area contributed by atoms with E-state index in [0.29, 0.717) is 28.4 Å². The molecule has 0 saturated heterocycles. The highest BCUT2D eigenvalue weighted by molar-refractivity contribution is 7.15. The molecule has 1 aromatic heterocycles. The van der Waals surface area contributed by atoms with Gasteiger partial charge in [-0.1, -0.05) is 17.4 Å². The Hall–Kier alpha value is -1.41. The van der Waals surface area contributed by atoms with E-state index in [1.165, 1.54) is 29.7 Å². The van der Waals surface area contributed by atoms with Crippen LogP contribution in [0.4, 0.5) is 5.13 Å². The first-order valence-electron chi connectivity index (χ1n) is 8.67. The van der Waals surface area contributed by atoms with Gasteiger partial charge in [0.1, 0.15) is 10.8 Å². The Bertz CT molecular complexity index is 797. The number of nitrogens with zero attached hydrogens (tertiary/aromatic N) is 2. The molecule has 2 aliphatic rings. The molecule has 27 heavy (non-hydrogen) atoms. The number of halogens is 2. The summed E-state index contributed by atoms with van der Waals surface area (Å²) in [6.07, 6.45) is 3.86. The van der Waals surface area contributed by atoms with Gasteiger partial charge in [-0.2, -0.15) is 0 Å². The van der Waals surface area contributed by atoms with Crippen molar-refractivity contribution < 1.29 is 9.53 Å². The molecule has 0 bridgehead atoms. The Labute approximate surface area is 175 Å². The molecule has 1 heterocycles. The van der Waals surface area contributed by atoms with Gasteiger partial charge in [0, 0.05) is 12.0 Å². The van der Waals surface area contributed by atoms with Crippen LogP contribution >= 0.6 is 36.2 Å². The number of methoxy groups -OCH3 is 1. The Morgan fingerprint density at radius 2 is 2.07 bits per heavy atom. The monoisotopic (exact) mass is 430 g/mol. The summed E-state index contributed by atoms with van der Waals surface area (Å²) in [6, 6.07) is 6.43. The molecule has 2 N–H and O–H groups in total. The number of hydrogen-bond acceptors (Lipinski definition) is 6.